The molecule has 4 N–H and O–H groups in total. The first-order chi connectivity index (χ1) is 12.1. The zero-order chi connectivity index (χ0) is 20.0. The maximum Gasteiger partial charge on any atom is 0.337 e. The predicted molar refractivity (Wildman–Crippen MR) is 124 cm³/mol. The van der Waals surface area contributed by atoms with E-state index in [1.54, 1.807) is 0 Å². The van der Waals surface area contributed by atoms with Gasteiger partial charge in [0.05, 0.1) is 30.1 Å². The molecule has 0 aromatic heterocycles. The van der Waals surface area contributed by atoms with Gasteiger partial charge in [0.2, 0.25) is 5.91 Å². The number of rotatable bonds is 8. The van der Waals surface area contributed by atoms with Crippen molar-refractivity contribution in [3.8, 4) is 0 Å². The quantitative estimate of drug-likeness (QED) is 0.311. The van der Waals surface area contributed by atoms with Crippen molar-refractivity contribution in [1.82, 2.24) is 5.32 Å². The minimum Gasteiger partial charge on any atom is -0.478 e. The predicted octanol–water partition coefficient (Wildman–Crippen LogP) is 3.44. The van der Waals surface area contributed by atoms with E-state index in [-0.39, 0.29) is 23.6 Å². The molecule has 1 unspecified atom stereocenters. The molecule has 0 aliphatic heterocycles. The zero-order valence-corrected chi connectivity index (χ0v) is 20.6. The van der Waals surface area contributed by atoms with E-state index >= 15 is 0 Å². The van der Waals surface area contributed by atoms with Gasteiger partial charge >= 0.3 is 5.97 Å². The van der Waals surface area contributed by atoms with Crippen molar-refractivity contribution in [3.63, 3.8) is 0 Å². The number of carboxylic acids is 1. The van der Waals surface area contributed by atoms with Gasteiger partial charge in [-0.15, -0.1) is 0 Å². The van der Waals surface area contributed by atoms with Gasteiger partial charge in [-0.05, 0) is 81.1 Å². The van der Waals surface area contributed by atoms with Crippen LogP contribution in [-0.4, -0.2) is 40.6 Å². The monoisotopic (exact) mass is 700 g/mol. The molecule has 0 saturated heterocycles. The van der Waals surface area contributed by atoms with Gasteiger partial charge in [-0.25, -0.2) is 4.79 Å². The lowest BCUT2D eigenvalue weighted by Crippen LogP contribution is -2.32. The topological polar surface area (TPSA) is 116 Å². The fourth-order valence-electron chi connectivity index (χ4n) is 2.03. The van der Waals surface area contributed by atoms with Crippen LogP contribution in [0.4, 0.5) is 5.69 Å². The number of aliphatic hydroxyl groups excluding tert-OH is 1. The van der Waals surface area contributed by atoms with E-state index in [1.165, 1.54) is 6.92 Å². The molecule has 10 heteroatoms. The molecule has 144 valence electrons. The molecule has 0 radical (unpaired) electrons. The summed E-state index contributed by atoms with van der Waals surface area (Å²) in [6, 6.07) is 0. The maximum atomic E-state index is 12.5. The second kappa shape index (κ2) is 10.9. The Labute approximate surface area is 192 Å². The molecule has 0 aliphatic carbocycles. The number of benzene rings is 1. The summed E-state index contributed by atoms with van der Waals surface area (Å²) in [5.41, 5.74) is 0.474. The van der Waals surface area contributed by atoms with Crippen molar-refractivity contribution in [2.24, 2.45) is 0 Å². The lowest BCUT2D eigenvalue weighted by Gasteiger charge is -2.18. The Bertz CT molecular complexity index is 723. The highest BCUT2D eigenvalue weighted by molar-refractivity contribution is 14.1. The van der Waals surface area contributed by atoms with Crippen molar-refractivity contribution in [1.29, 1.82) is 0 Å². The van der Waals surface area contributed by atoms with E-state index in [9.17, 15) is 24.6 Å². The van der Waals surface area contributed by atoms with E-state index in [4.69, 9.17) is 0 Å². The fraction of sp³-hybridized carbons (Fsp3) is 0.438. The van der Waals surface area contributed by atoms with Crippen molar-refractivity contribution in [2.45, 2.75) is 39.2 Å². The summed E-state index contributed by atoms with van der Waals surface area (Å²) >= 11 is 5.63. The Morgan fingerprint density at radius 1 is 1.08 bits per heavy atom. The van der Waals surface area contributed by atoms with Gasteiger partial charge in [-0.3, -0.25) is 9.59 Å². The van der Waals surface area contributed by atoms with Crippen molar-refractivity contribution in [2.75, 3.05) is 11.9 Å². The van der Waals surface area contributed by atoms with Crippen LogP contribution in [-0.2, 0) is 4.79 Å². The smallest absolute Gasteiger partial charge is 0.337 e. The van der Waals surface area contributed by atoms with Gasteiger partial charge in [0, 0.05) is 16.5 Å². The summed E-state index contributed by atoms with van der Waals surface area (Å²) < 4.78 is 1.13. The number of carboxylic acid groups (broad SMARTS) is 1. The molecule has 1 aromatic carbocycles. The zero-order valence-electron chi connectivity index (χ0n) is 14.2. The Balaban J connectivity index is 3.43. The molecule has 0 spiro atoms. The van der Waals surface area contributed by atoms with Gasteiger partial charge < -0.3 is 20.8 Å². The van der Waals surface area contributed by atoms with Crippen LogP contribution in [0, 0.1) is 10.7 Å². The number of anilines is 1. The third kappa shape index (κ3) is 6.15. The second-order valence-electron chi connectivity index (χ2n) is 5.58. The molecular weight excluding hydrogens is 681 g/mol. The van der Waals surface area contributed by atoms with Crippen molar-refractivity contribution in [3.05, 3.63) is 21.8 Å². The molecule has 0 heterocycles. The Morgan fingerprint density at radius 3 is 2.15 bits per heavy atom. The number of hydrogen-bond donors (Lipinski definition) is 4. The van der Waals surface area contributed by atoms with E-state index in [1.807, 2.05) is 74.7 Å². The fourth-order valence-corrected chi connectivity index (χ4v) is 6.42. The lowest BCUT2D eigenvalue weighted by atomic mass is 10.1. The van der Waals surface area contributed by atoms with Crippen LogP contribution in [0.15, 0.2) is 0 Å². The second-order valence-corrected chi connectivity index (χ2v) is 8.82. The van der Waals surface area contributed by atoms with Crippen LogP contribution in [0.3, 0.4) is 0 Å². The van der Waals surface area contributed by atoms with E-state index in [0.717, 1.165) is 12.8 Å². The molecule has 1 atom stereocenters. The standard InChI is InChI=1S/C16H19I3N2O5/c1-3-4-5-8(23)21-14-12(18)9(15(24)20-6-7(2)22)11(17)10(13(14)19)16(25)26/h7,22H,3-6H2,1-2H3,(H,20,24)(H,21,23)(H,25,26). The highest BCUT2D eigenvalue weighted by Gasteiger charge is 2.28. The summed E-state index contributed by atoms with van der Waals surface area (Å²) in [6.45, 7) is 3.54. The number of amides is 2. The minimum absolute atomic E-state index is 0.0281. The van der Waals surface area contributed by atoms with Crippen molar-refractivity contribution < 1.29 is 24.6 Å². The van der Waals surface area contributed by atoms with E-state index in [2.05, 4.69) is 10.6 Å². The summed E-state index contributed by atoms with van der Waals surface area (Å²) in [6.07, 6.45) is 1.17. The Hall–Kier alpha value is -0.220. The first-order valence-electron chi connectivity index (χ1n) is 7.81. The normalized spacial score (nSPS) is 11.8. The Morgan fingerprint density at radius 2 is 1.65 bits per heavy atom. The van der Waals surface area contributed by atoms with Gasteiger partial charge in [-0.1, -0.05) is 13.3 Å². The van der Waals surface area contributed by atoms with Crippen LogP contribution in [0.25, 0.3) is 0 Å². The highest BCUT2D eigenvalue weighted by atomic mass is 127. The third-order valence-corrected chi connectivity index (χ3v) is 6.57. The number of carbonyl (C=O) groups excluding carboxylic acids is 2. The van der Waals surface area contributed by atoms with Gasteiger partial charge in [-0.2, -0.15) is 0 Å². The Kier molecular flexibility index (Phi) is 10.0. The number of aromatic carboxylic acids is 1. The van der Waals surface area contributed by atoms with Crippen LogP contribution < -0.4 is 10.6 Å². The number of carbonyl (C=O) groups is 3. The molecule has 1 aromatic rings. The lowest BCUT2D eigenvalue weighted by molar-refractivity contribution is -0.116. The summed E-state index contributed by atoms with van der Waals surface area (Å²) in [5.74, 6) is -1.90. The molecule has 2 amide bonds. The van der Waals surface area contributed by atoms with Gasteiger partial charge in [0.15, 0.2) is 0 Å². The van der Waals surface area contributed by atoms with Crippen LogP contribution >= 0.6 is 67.8 Å². The molecule has 0 bridgehead atoms. The molecule has 0 saturated carbocycles. The summed E-state index contributed by atoms with van der Waals surface area (Å²) in [5, 5.41) is 24.2. The number of nitrogens with one attached hydrogen (secondary N) is 2. The number of halogens is 3. The number of unbranched alkanes of at least 4 members (excludes halogenated alkanes) is 1. The van der Waals surface area contributed by atoms with Gasteiger partial charge in [0.1, 0.15) is 0 Å². The molecule has 7 nitrogen and oxygen atoms in total. The van der Waals surface area contributed by atoms with Crippen LogP contribution in [0.5, 0.6) is 0 Å². The average molecular weight is 700 g/mol. The number of aliphatic hydroxyl groups is 1. The third-order valence-electron chi connectivity index (χ3n) is 3.34. The minimum atomic E-state index is -1.18. The highest BCUT2D eigenvalue weighted by Crippen LogP contribution is 2.35. The number of hydrogen-bond acceptors (Lipinski definition) is 4. The molecular formula is C16H19I3N2O5. The van der Waals surface area contributed by atoms with E-state index < -0.39 is 18.0 Å². The molecule has 0 fully saturated rings. The van der Waals surface area contributed by atoms with E-state index in [0.29, 0.717) is 22.8 Å². The average Bonchev–Trinajstić information content (AvgIpc) is 2.54. The molecule has 26 heavy (non-hydrogen) atoms. The molecule has 1 rings (SSSR count). The van der Waals surface area contributed by atoms with Gasteiger partial charge in [0.25, 0.3) is 5.91 Å². The molecule has 0 aliphatic rings. The maximum absolute atomic E-state index is 12.5. The summed E-state index contributed by atoms with van der Waals surface area (Å²) in [7, 11) is 0. The van der Waals surface area contributed by atoms with Crippen molar-refractivity contribution >= 4 is 91.2 Å². The van der Waals surface area contributed by atoms with Crippen LogP contribution in [0.2, 0.25) is 0 Å². The SMILES string of the molecule is CCCCC(=O)Nc1c(I)c(C(=O)O)c(I)c(C(=O)NCC(C)O)c1I. The first kappa shape index (κ1) is 23.8. The van der Waals surface area contributed by atoms with Crippen LogP contribution in [0.1, 0.15) is 53.8 Å². The largest absolute Gasteiger partial charge is 0.478 e. The first-order valence-corrected chi connectivity index (χ1v) is 11.0. The summed E-state index contributed by atoms with van der Waals surface area (Å²) in [4.78, 5) is 36.4.